The molecule has 4 rings (SSSR count). The fourth-order valence-electron chi connectivity index (χ4n) is 4.50. The van der Waals surface area contributed by atoms with Gasteiger partial charge in [0.25, 0.3) is 0 Å². The van der Waals surface area contributed by atoms with Gasteiger partial charge in [-0.15, -0.1) is 0 Å². The molecule has 3 aliphatic rings. The molecule has 132 valence electrons. The van der Waals surface area contributed by atoms with E-state index in [1.54, 1.807) is 6.33 Å². The lowest BCUT2D eigenvalue weighted by molar-refractivity contribution is 0.0254. The van der Waals surface area contributed by atoms with Gasteiger partial charge in [-0.25, -0.2) is 9.97 Å². The zero-order valence-corrected chi connectivity index (χ0v) is 14.4. The van der Waals surface area contributed by atoms with Crippen molar-refractivity contribution >= 4 is 11.6 Å². The molecule has 3 fully saturated rings. The summed E-state index contributed by atoms with van der Waals surface area (Å²) < 4.78 is 5.55. The van der Waals surface area contributed by atoms with E-state index in [-0.39, 0.29) is 12.6 Å². The summed E-state index contributed by atoms with van der Waals surface area (Å²) in [6, 6.07) is 2.31. The molecule has 0 aromatic carbocycles. The fourth-order valence-corrected chi connectivity index (χ4v) is 4.50. The molecule has 4 heterocycles. The lowest BCUT2D eigenvalue weighted by Crippen LogP contribution is -2.42. The summed E-state index contributed by atoms with van der Waals surface area (Å²) in [6.07, 6.45) is 8.66. The lowest BCUT2D eigenvalue weighted by atomic mass is 9.80. The number of anilines is 2. The van der Waals surface area contributed by atoms with Gasteiger partial charge in [-0.1, -0.05) is 0 Å². The Bertz CT molecular complexity index is 562. The van der Waals surface area contributed by atoms with Crippen molar-refractivity contribution in [2.45, 2.75) is 44.6 Å². The van der Waals surface area contributed by atoms with E-state index in [1.165, 1.54) is 32.1 Å². The Hall–Kier alpha value is -1.40. The van der Waals surface area contributed by atoms with E-state index < -0.39 is 0 Å². The van der Waals surface area contributed by atoms with E-state index in [9.17, 15) is 5.11 Å². The van der Waals surface area contributed by atoms with Crippen LogP contribution in [0.1, 0.15) is 38.5 Å². The van der Waals surface area contributed by atoms with Crippen molar-refractivity contribution in [3.63, 3.8) is 0 Å². The van der Waals surface area contributed by atoms with Crippen LogP contribution >= 0.6 is 0 Å². The SMILES string of the molecule is OCC1CCCCN1c1cc(N2CCC3(CCOCC3)C2)ncn1. The molecule has 0 radical (unpaired) electrons. The monoisotopic (exact) mass is 332 g/mol. The minimum atomic E-state index is 0.196. The summed E-state index contributed by atoms with van der Waals surface area (Å²) >= 11 is 0. The number of nitrogens with zero attached hydrogens (tertiary/aromatic N) is 4. The molecule has 3 aliphatic heterocycles. The fraction of sp³-hybridized carbons (Fsp3) is 0.778. The van der Waals surface area contributed by atoms with Gasteiger partial charge in [-0.05, 0) is 43.9 Å². The van der Waals surface area contributed by atoms with Crippen LogP contribution in [0.5, 0.6) is 0 Å². The van der Waals surface area contributed by atoms with Crippen LogP contribution in [0.3, 0.4) is 0 Å². The molecule has 1 unspecified atom stereocenters. The molecule has 0 saturated carbocycles. The van der Waals surface area contributed by atoms with E-state index in [4.69, 9.17) is 4.74 Å². The molecule has 0 amide bonds. The predicted octanol–water partition coefficient (Wildman–Crippen LogP) is 1.83. The van der Waals surface area contributed by atoms with E-state index in [0.29, 0.717) is 5.41 Å². The Labute approximate surface area is 143 Å². The van der Waals surface area contributed by atoms with Gasteiger partial charge in [0.15, 0.2) is 0 Å². The van der Waals surface area contributed by atoms with E-state index in [1.807, 2.05) is 0 Å². The first-order valence-corrected chi connectivity index (χ1v) is 9.32. The first-order chi connectivity index (χ1) is 11.8. The van der Waals surface area contributed by atoms with Crippen LogP contribution in [0.15, 0.2) is 12.4 Å². The van der Waals surface area contributed by atoms with E-state index in [2.05, 4.69) is 25.8 Å². The quantitative estimate of drug-likeness (QED) is 0.911. The van der Waals surface area contributed by atoms with Crippen LogP contribution < -0.4 is 9.80 Å². The number of piperidine rings is 1. The molecule has 6 nitrogen and oxygen atoms in total. The van der Waals surface area contributed by atoms with E-state index in [0.717, 1.165) is 50.9 Å². The Morgan fingerprint density at radius 1 is 1.12 bits per heavy atom. The average molecular weight is 332 g/mol. The smallest absolute Gasteiger partial charge is 0.134 e. The third-order valence-electron chi connectivity index (χ3n) is 6.09. The molecule has 0 aliphatic carbocycles. The summed E-state index contributed by atoms with van der Waals surface area (Å²) in [5, 5.41) is 9.66. The molecule has 24 heavy (non-hydrogen) atoms. The van der Waals surface area contributed by atoms with Crippen molar-refractivity contribution in [3.8, 4) is 0 Å². The normalized spacial score (nSPS) is 27.0. The topological polar surface area (TPSA) is 61.7 Å². The maximum atomic E-state index is 9.66. The second-order valence-corrected chi connectivity index (χ2v) is 7.54. The highest BCUT2D eigenvalue weighted by molar-refractivity contribution is 5.51. The zero-order valence-electron chi connectivity index (χ0n) is 14.4. The maximum Gasteiger partial charge on any atom is 0.134 e. The summed E-state index contributed by atoms with van der Waals surface area (Å²) in [5.74, 6) is 2.00. The Balaban J connectivity index is 1.50. The third-order valence-corrected chi connectivity index (χ3v) is 6.09. The molecule has 1 N–H and O–H groups in total. The first kappa shape index (κ1) is 16.1. The number of hydrogen-bond acceptors (Lipinski definition) is 6. The van der Waals surface area contributed by atoms with Gasteiger partial charge in [0.05, 0.1) is 12.6 Å². The van der Waals surface area contributed by atoms with Crippen LogP contribution in [0.25, 0.3) is 0 Å². The lowest BCUT2D eigenvalue weighted by Gasteiger charge is -2.36. The van der Waals surface area contributed by atoms with Crippen molar-refractivity contribution in [2.24, 2.45) is 5.41 Å². The van der Waals surface area contributed by atoms with Crippen LogP contribution in [0.2, 0.25) is 0 Å². The molecule has 1 aromatic heterocycles. The minimum absolute atomic E-state index is 0.196. The van der Waals surface area contributed by atoms with Crippen LogP contribution in [-0.4, -0.2) is 60.6 Å². The van der Waals surface area contributed by atoms with Gasteiger partial charge in [-0.2, -0.15) is 0 Å². The molecule has 1 aromatic rings. The maximum absolute atomic E-state index is 9.66. The second-order valence-electron chi connectivity index (χ2n) is 7.54. The Morgan fingerprint density at radius 2 is 1.96 bits per heavy atom. The highest BCUT2D eigenvalue weighted by Gasteiger charge is 2.40. The number of aliphatic hydroxyl groups is 1. The molecular weight excluding hydrogens is 304 g/mol. The predicted molar refractivity (Wildman–Crippen MR) is 93.4 cm³/mol. The average Bonchev–Trinajstić information content (AvgIpc) is 3.06. The van der Waals surface area contributed by atoms with Crippen molar-refractivity contribution in [2.75, 3.05) is 49.3 Å². The molecule has 6 heteroatoms. The Kier molecular flexibility index (Phi) is 4.59. The summed E-state index contributed by atoms with van der Waals surface area (Å²) in [5.41, 5.74) is 0.419. The number of aliphatic hydroxyl groups excluding tert-OH is 1. The number of aromatic nitrogens is 2. The molecule has 1 atom stereocenters. The van der Waals surface area contributed by atoms with Gasteiger partial charge in [0, 0.05) is 38.9 Å². The number of hydrogen-bond donors (Lipinski definition) is 1. The standard InChI is InChI=1S/C18H28N4O2/c23-12-15-3-1-2-7-22(15)17-11-16(19-14-20-17)21-8-4-18(13-21)5-9-24-10-6-18/h11,14-15,23H,1-10,12-13H2. The van der Waals surface area contributed by atoms with Gasteiger partial charge < -0.3 is 19.6 Å². The number of rotatable bonds is 3. The summed E-state index contributed by atoms with van der Waals surface area (Å²) in [7, 11) is 0. The highest BCUT2D eigenvalue weighted by atomic mass is 16.5. The van der Waals surface area contributed by atoms with Crippen molar-refractivity contribution in [1.82, 2.24) is 9.97 Å². The third kappa shape index (κ3) is 3.09. The molecule has 3 saturated heterocycles. The summed E-state index contributed by atoms with van der Waals surface area (Å²) in [4.78, 5) is 13.7. The van der Waals surface area contributed by atoms with Crippen molar-refractivity contribution < 1.29 is 9.84 Å². The highest BCUT2D eigenvalue weighted by Crippen LogP contribution is 2.41. The van der Waals surface area contributed by atoms with Crippen molar-refractivity contribution in [3.05, 3.63) is 12.4 Å². The van der Waals surface area contributed by atoms with Gasteiger partial charge >= 0.3 is 0 Å². The van der Waals surface area contributed by atoms with Gasteiger partial charge in [-0.3, -0.25) is 0 Å². The van der Waals surface area contributed by atoms with Crippen LogP contribution in [-0.2, 0) is 4.74 Å². The minimum Gasteiger partial charge on any atom is -0.394 e. The zero-order chi connectivity index (χ0) is 16.4. The van der Waals surface area contributed by atoms with Gasteiger partial charge in [0.1, 0.15) is 18.0 Å². The Morgan fingerprint density at radius 3 is 2.79 bits per heavy atom. The van der Waals surface area contributed by atoms with Gasteiger partial charge in [0.2, 0.25) is 0 Å². The van der Waals surface area contributed by atoms with Crippen LogP contribution in [0, 0.1) is 5.41 Å². The molecule has 0 bridgehead atoms. The summed E-state index contributed by atoms with van der Waals surface area (Å²) in [6.45, 7) is 5.12. The largest absolute Gasteiger partial charge is 0.394 e. The number of ether oxygens (including phenoxy) is 1. The molecule has 1 spiro atoms. The first-order valence-electron chi connectivity index (χ1n) is 9.32. The van der Waals surface area contributed by atoms with Crippen molar-refractivity contribution in [1.29, 1.82) is 0 Å². The van der Waals surface area contributed by atoms with Crippen LogP contribution in [0.4, 0.5) is 11.6 Å². The van der Waals surface area contributed by atoms with E-state index >= 15 is 0 Å². The second kappa shape index (κ2) is 6.84. The molecular formula is C18H28N4O2.